The fraction of sp³-hybridized carbons (Fsp3) is 0.391. The Balaban J connectivity index is 2.57. The molecule has 0 aromatic heterocycles. The molecule has 0 unspecified atom stereocenters. The van der Waals surface area contributed by atoms with Crippen molar-refractivity contribution in [2.45, 2.75) is 59.3 Å². The van der Waals surface area contributed by atoms with Crippen molar-refractivity contribution in [3.63, 3.8) is 0 Å². The van der Waals surface area contributed by atoms with Gasteiger partial charge in [-0.1, -0.05) is 96.2 Å². The predicted octanol–water partition coefficient (Wildman–Crippen LogP) is 7.23. The lowest BCUT2D eigenvalue weighted by Gasteiger charge is -2.21. The molecule has 0 nitrogen and oxygen atoms in total. The zero-order valence-corrected chi connectivity index (χ0v) is 15.4. The van der Waals surface area contributed by atoms with E-state index in [0.29, 0.717) is 17.8 Å². The fourth-order valence-corrected chi connectivity index (χ4v) is 2.95. The Morgan fingerprint density at radius 2 is 1.17 bits per heavy atom. The Kier molecular flexibility index (Phi) is 5.82. The summed E-state index contributed by atoms with van der Waals surface area (Å²) >= 11 is 0. The highest BCUT2D eigenvalue weighted by molar-refractivity contribution is 5.74. The molecule has 0 N–H and O–H groups in total. The molecule has 0 saturated heterocycles. The van der Waals surface area contributed by atoms with E-state index in [1.165, 1.54) is 27.8 Å². The molecule has 0 aliphatic carbocycles. The molecule has 0 saturated carbocycles. The number of hydrogen-bond acceptors (Lipinski definition) is 0. The van der Waals surface area contributed by atoms with Crippen LogP contribution in [0.3, 0.4) is 0 Å². The van der Waals surface area contributed by atoms with E-state index in [4.69, 9.17) is 0 Å². The third-order valence-electron chi connectivity index (χ3n) is 4.42. The van der Waals surface area contributed by atoms with Crippen LogP contribution >= 0.6 is 0 Å². The minimum absolute atomic E-state index is 0.529. The van der Waals surface area contributed by atoms with Gasteiger partial charge in [-0.15, -0.1) is 0 Å². The van der Waals surface area contributed by atoms with E-state index in [2.05, 4.69) is 96.2 Å². The zero-order chi connectivity index (χ0) is 17.0. The molecule has 23 heavy (non-hydrogen) atoms. The molecule has 0 atom stereocenters. The van der Waals surface area contributed by atoms with Gasteiger partial charge in [0.15, 0.2) is 0 Å². The van der Waals surface area contributed by atoms with Crippen molar-refractivity contribution in [2.24, 2.45) is 0 Å². The molecule has 0 fully saturated rings. The molecule has 0 bridgehead atoms. The maximum absolute atomic E-state index is 2.41. The van der Waals surface area contributed by atoms with Gasteiger partial charge in [0.05, 0.1) is 0 Å². The van der Waals surface area contributed by atoms with Crippen LogP contribution in [0.15, 0.2) is 42.5 Å². The summed E-state index contributed by atoms with van der Waals surface area (Å²) in [6.07, 6.45) is 4.55. The highest BCUT2D eigenvalue weighted by Gasteiger charge is 2.15. The summed E-state index contributed by atoms with van der Waals surface area (Å²) < 4.78 is 0. The van der Waals surface area contributed by atoms with Crippen LogP contribution in [0.4, 0.5) is 0 Å². The lowest BCUT2D eigenvalue weighted by Crippen LogP contribution is -2.03. The maximum atomic E-state index is 2.41. The maximum Gasteiger partial charge on any atom is -0.0187 e. The largest absolute Gasteiger partial charge is 0.0622 e. The van der Waals surface area contributed by atoms with Crippen molar-refractivity contribution in [1.29, 1.82) is 0 Å². The molecular formula is C23H30. The summed E-state index contributed by atoms with van der Waals surface area (Å²) in [5, 5.41) is 0. The van der Waals surface area contributed by atoms with Gasteiger partial charge in [-0.3, -0.25) is 0 Å². The SMILES string of the molecule is CC(C)c1cc(C(C)C)c(C=Cc2ccccc2)c(C(C)C)c1. The molecule has 0 amide bonds. The first-order valence-electron chi connectivity index (χ1n) is 8.81. The molecule has 0 aliphatic rings. The fourth-order valence-electron chi connectivity index (χ4n) is 2.95. The summed E-state index contributed by atoms with van der Waals surface area (Å²) in [5.41, 5.74) is 7.04. The lowest BCUT2D eigenvalue weighted by molar-refractivity contribution is 0.801. The molecule has 0 radical (unpaired) electrons. The van der Waals surface area contributed by atoms with E-state index in [-0.39, 0.29) is 0 Å². The molecular weight excluding hydrogens is 276 g/mol. The van der Waals surface area contributed by atoms with Crippen molar-refractivity contribution in [1.82, 2.24) is 0 Å². The highest BCUT2D eigenvalue weighted by atomic mass is 14.2. The Hall–Kier alpha value is -1.82. The van der Waals surface area contributed by atoms with Gasteiger partial charge in [0.25, 0.3) is 0 Å². The number of hydrogen-bond donors (Lipinski definition) is 0. The third-order valence-corrected chi connectivity index (χ3v) is 4.42. The summed E-state index contributed by atoms with van der Waals surface area (Å²) in [4.78, 5) is 0. The standard InChI is InChI=1S/C23H30/c1-16(2)20-14-22(17(3)4)21(23(15-20)18(5)6)13-12-19-10-8-7-9-11-19/h7-18H,1-6H3. The van der Waals surface area contributed by atoms with Crippen LogP contribution in [-0.4, -0.2) is 0 Å². The van der Waals surface area contributed by atoms with Gasteiger partial charge in [-0.05, 0) is 45.6 Å². The summed E-state index contributed by atoms with van der Waals surface area (Å²) in [6, 6.07) is 15.4. The summed E-state index contributed by atoms with van der Waals surface area (Å²) in [7, 11) is 0. The van der Waals surface area contributed by atoms with E-state index in [1.807, 2.05) is 0 Å². The summed E-state index contributed by atoms with van der Waals surface area (Å²) in [5.74, 6) is 1.63. The highest BCUT2D eigenvalue weighted by Crippen LogP contribution is 2.33. The van der Waals surface area contributed by atoms with Gasteiger partial charge in [0, 0.05) is 0 Å². The van der Waals surface area contributed by atoms with Crippen LogP contribution < -0.4 is 0 Å². The molecule has 0 heterocycles. The van der Waals surface area contributed by atoms with E-state index in [9.17, 15) is 0 Å². The second kappa shape index (κ2) is 7.64. The van der Waals surface area contributed by atoms with Crippen molar-refractivity contribution >= 4 is 12.2 Å². The number of rotatable bonds is 5. The molecule has 2 rings (SSSR count). The normalized spacial score (nSPS) is 12.0. The second-order valence-corrected chi connectivity index (χ2v) is 7.32. The van der Waals surface area contributed by atoms with Gasteiger partial charge >= 0.3 is 0 Å². The smallest absolute Gasteiger partial charge is 0.0187 e. The van der Waals surface area contributed by atoms with Gasteiger partial charge < -0.3 is 0 Å². The average molecular weight is 306 g/mol. The van der Waals surface area contributed by atoms with Crippen LogP contribution in [0.1, 0.15) is 87.1 Å². The van der Waals surface area contributed by atoms with Gasteiger partial charge in [-0.2, -0.15) is 0 Å². The first-order valence-corrected chi connectivity index (χ1v) is 8.81. The van der Waals surface area contributed by atoms with Crippen molar-refractivity contribution < 1.29 is 0 Å². The topological polar surface area (TPSA) is 0 Å². The Morgan fingerprint density at radius 1 is 0.652 bits per heavy atom. The predicted molar refractivity (Wildman–Crippen MR) is 104 cm³/mol. The van der Waals surface area contributed by atoms with Crippen LogP contribution in [0.5, 0.6) is 0 Å². The molecule has 2 aromatic rings. The first-order chi connectivity index (χ1) is 10.9. The van der Waals surface area contributed by atoms with E-state index < -0.39 is 0 Å². The summed E-state index contributed by atoms with van der Waals surface area (Å²) in [6.45, 7) is 13.7. The zero-order valence-electron chi connectivity index (χ0n) is 15.4. The van der Waals surface area contributed by atoms with Crippen LogP contribution in [0.2, 0.25) is 0 Å². The van der Waals surface area contributed by atoms with Crippen molar-refractivity contribution in [3.8, 4) is 0 Å². The first kappa shape index (κ1) is 17.5. The van der Waals surface area contributed by atoms with Gasteiger partial charge in [-0.25, -0.2) is 0 Å². The van der Waals surface area contributed by atoms with Gasteiger partial charge in [0.2, 0.25) is 0 Å². The third kappa shape index (κ3) is 4.34. The van der Waals surface area contributed by atoms with E-state index in [0.717, 1.165) is 0 Å². The van der Waals surface area contributed by atoms with E-state index >= 15 is 0 Å². The number of benzene rings is 2. The Morgan fingerprint density at radius 3 is 1.61 bits per heavy atom. The quantitative estimate of drug-likeness (QED) is 0.511. The molecule has 2 aromatic carbocycles. The van der Waals surface area contributed by atoms with Crippen molar-refractivity contribution in [3.05, 3.63) is 70.3 Å². The average Bonchev–Trinajstić information content (AvgIpc) is 2.52. The Labute approximate surface area is 142 Å². The van der Waals surface area contributed by atoms with Crippen molar-refractivity contribution in [2.75, 3.05) is 0 Å². The molecule has 0 aliphatic heterocycles. The lowest BCUT2D eigenvalue weighted by atomic mass is 9.84. The van der Waals surface area contributed by atoms with E-state index in [1.54, 1.807) is 0 Å². The Bertz CT molecular complexity index is 629. The van der Waals surface area contributed by atoms with Crippen LogP contribution in [-0.2, 0) is 0 Å². The van der Waals surface area contributed by atoms with Crippen LogP contribution in [0.25, 0.3) is 12.2 Å². The van der Waals surface area contributed by atoms with Gasteiger partial charge in [0.1, 0.15) is 0 Å². The monoisotopic (exact) mass is 306 g/mol. The second-order valence-electron chi connectivity index (χ2n) is 7.32. The molecule has 0 spiro atoms. The molecule has 122 valence electrons. The minimum Gasteiger partial charge on any atom is -0.0622 e. The van der Waals surface area contributed by atoms with Crippen LogP contribution in [0, 0.1) is 0 Å². The minimum atomic E-state index is 0.529. The molecule has 0 heteroatoms.